The van der Waals surface area contributed by atoms with E-state index in [1.54, 1.807) is 0 Å². The molecule has 96 valence electrons. The van der Waals surface area contributed by atoms with Crippen LogP contribution in [0.3, 0.4) is 0 Å². The van der Waals surface area contributed by atoms with Crippen molar-refractivity contribution in [3.8, 4) is 0 Å². The summed E-state index contributed by atoms with van der Waals surface area (Å²) in [4.78, 5) is 0. The second-order valence-electron chi connectivity index (χ2n) is 5.78. The number of hydrogen-bond acceptors (Lipinski definition) is 2. The Morgan fingerprint density at radius 2 is 1.69 bits per heavy atom. The summed E-state index contributed by atoms with van der Waals surface area (Å²) in [6.07, 6.45) is 8.08. The lowest BCUT2D eigenvalue weighted by Gasteiger charge is -2.30. The summed E-state index contributed by atoms with van der Waals surface area (Å²) in [5.41, 5.74) is -0.432. The molecule has 1 rings (SSSR count). The van der Waals surface area contributed by atoms with E-state index in [4.69, 9.17) is 0 Å². The van der Waals surface area contributed by atoms with E-state index in [1.165, 1.54) is 25.7 Å². The molecule has 2 nitrogen and oxygen atoms in total. The van der Waals surface area contributed by atoms with Gasteiger partial charge in [0.05, 0.1) is 5.60 Å². The minimum absolute atomic E-state index is 0.432. The third-order valence-electron chi connectivity index (χ3n) is 3.97. The van der Waals surface area contributed by atoms with Crippen molar-refractivity contribution in [2.45, 2.75) is 77.4 Å². The van der Waals surface area contributed by atoms with Crippen molar-refractivity contribution in [1.29, 1.82) is 0 Å². The molecule has 2 heteroatoms. The van der Waals surface area contributed by atoms with Crippen molar-refractivity contribution >= 4 is 0 Å². The van der Waals surface area contributed by atoms with Gasteiger partial charge in [0, 0.05) is 12.6 Å². The Hall–Kier alpha value is -0.0800. The predicted molar refractivity (Wildman–Crippen MR) is 69.6 cm³/mol. The van der Waals surface area contributed by atoms with Gasteiger partial charge in [-0.2, -0.15) is 0 Å². The fourth-order valence-electron chi connectivity index (χ4n) is 2.74. The molecule has 1 fully saturated rings. The van der Waals surface area contributed by atoms with Gasteiger partial charge in [0.1, 0.15) is 0 Å². The van der Waals surface area contributed by atoms with Crippen LogP contribution >= 0.6 is 0 Å². The van der Waals surface area contributed by atoms with E-state index < -0.39 is 5.60 Å². The molecule has 0 aromatic carbocycles. The maximum Gasteiger partial charge on any atom is 0.0771 e. The summed E-state index contributed by atoms with van der Waals surface area (Å²) in [6, 6.07) is 0.548. The Morgan fingerprint density at radius 3 is 2.12 bits per heavy atom. The van der Waals surface area contributed by atoms with Gasteiger partial charge in [0.2, 0.25) is 0 Å². The fourth-order valence-corrected chi connectivity index (χ4v) is 2.74. The quantitative estimate of drug-likeness (QED) is 0.707. The molecule has 1 atom stereocenters. The van der Waals surface area contributed by atoms with Gasteiger partial charge in [0.25, 0.3) is 0 Å². The third kappa shape index (κ3) is 4.42. The zero-order valence-electron chi connectivity index (χ0n) is 11.3. The van der Waals surface area contributed by atoms with E-state index >= 15 is 0 Å². The highest BCUT2D eigenvalue weighted by Crippen LogP contribution is 2.26. The van der Waals surface area contributed by atoms with Gasteiger partial charge in [-0.3, -0.25) is 0 Å². The Labute approximate surface area is 101 Å². The van der Waals surface area contributed by atoms with Crippen LogP contribution in [-0.2, 0) is 0 Å². The Kier molecular flexibility index (Phi) is 5.77. The minimum atomic E-state index is -0.432. The summed E-state index contributed by atoms with van der Waals surface area (Å²) in [5, 5.41) is 14.1. The fraction of sp³-hybridized carbons (Fsp3) is 1.00. The van der Waals surface area contributed by atoms with Gasteiger partial charge in [-0.25, -0.2) is 0 Å². The van der Waals surface area contributed by atoms with Crippen molar-refractivity contribution < 1.29 is 5.11 Å². The largest absolute Gasteiger partial charge is 0.389 e. The van der Waals surface area contributed by atoms with Crippen molar-refractivity contribution in [1.82, 2.24) is 5.32 Å². The number of nitrogens with one attached hydrogen (secondary N) is 1. The first kappa shape index (κ1) is 14.0. The average molecular weight is 227 g/mol. The lowest BCUT2D eigenvalue weighted by atomic mass is 9.93. The van der Waals surface area contributed by atoms with Crippen molar-refractivity contribution in [2.75, 3.05) is 6.54 Å². The first-order chi connectivity index (χ1) is 7.57. The molecule has 0 heterocycles. The molecular formula is C14H29NO. The van der Waals surface area contributed by atoms with Crippen LogP contribution in [0.25, 0.3) is 0 Å². The molecule has 0 aromatic heterocycles. The lowest BCUT2D eigenvalue weighted by Crippen LogP contribution is -2.45. The second-order valence-corrected chi connectivity index (χ2v) is 5.78. The monoisotopic (exact) mass is 227 g/mol. The minimum Gasteiger partial charge on any atom is -0.389 e. The van der Waals surface area contributed by atoms with Crippen LogP contribution in [0, 0.1) is 5.92 Å². The normalized spacial score (nSPS) is 23.1. The average Bonchev–Trinajstić information content (AvgIpc) is 2.44. The first-order valence-electron chi connectivity index (χ1n) is 7.03. The molecule has 0 aliphatic heterocycles. The van der Waals surface area contributed by atoms with Gasteiger partial charge in [-0.15, -0.1) is 0 Å². The zero-order chi connectivity index (χ0) is 12.0. The lowest BCUT2D eigenvalue weighted by molar-refractivity contribution is 0.0211. The van der Waals surface area contributed by atoms with E-state index in [-0.39, 0.29) is 0 Å². The molecule has 0 radical (unpaired) electrons. The van der Waals surface area contributed by atoms with Crippen molar-refractivity contribution in [3.63, 3.8) is 0 Å². The van der Waals surface area contributed by atoms with E-state index in [1.807, 2.05) is 0 Å². The molecule has 2 N–H and O–H groups in total. The van der Waals surface area contributed by atoms with Crippen molar-refractivity contribution in [2.24, 2.45) is 5.92 Å². The summed E-state index contributed by atoms with van der Waals surface area (Å²) in [5.74, 6) is 0.652. The number of aliphatic hydroxyl groups is 1. The topological polar surface area (TPSA) is 32.3 Å². The molecular weight excluding hydrogens is 198 g/mol. The van der Waals surface area contributed by atoms with Crippen LogP contribution in [0.4, 0.5) is 0 Å². The summed E-state index contributed by atoms with van der Waals surface area (Å²) < 4.78 is 0. The van der Waals surface area contributed by atoms with Crippen LogP contribution in [0.15, 0.2) is 0 Å². The first-order valence-corrected chi connectivity index (χ1v) is 7.03. The van der Waals surface area contributed by atoms with E-state index in [2.05, 4.69) is 26.1 Å². The zero-order valence-corrected chi connectivity index (χ0v) is 11.3. The summed E-state index contributed by atoms with van der Waals surface area (Å²) in [7, 11) is 0. The van der Waals surface area contributed by atoms with Crippen LogP contribution in [0.5, 0.6) is 0 Å². The molecule has 0 bridgehead atoms. The second kappa shape index (κ2) is 6.61. The standard InChI is InChI=1S/C14H29NO/c1-4-13(12(2)3)15-11-14(16)9-7-5-6-8-10-14/h12-13,15-16H,4-11H2,1-3H3. The van der Waals surface area contributed by atoms with Crippen LogP contribution in [0.2, 0.25) is 0 Å². The Morgan fingerprint density at radius 1 is 1.12 bits per heavy atom. The maximum absolute atomic E-state index is 10.5. The highest BCUT2D eigenvalue weighted by atomic mass is 16.3. The molecule has 0 saturated heterocycles. The van der Waals surface area contributed by atoms with Gasteiger partial charge in [-0.1, -0.05) is 46.5 Å². The van der Waals surface area contributed by atoms with Gasteiger partial charge in [0.15, 0.2) is 0 Å². The predicted octanol–water partition coefficient (Wildman–Crippen LogP) is 3.10. The SMILES string of the molecule is CCC(NCC1(O)CCCCCC1)C(C)C. The molecule has 16 heavy (non-hydrogen) atoms. The Balaban J connectivity index is 2.38. The van der Waals surface area contributed by atoms with Gasteiger partial charge in [-0.05, 0) is 25.2 Å². The highest BCUT2D eigenvalue weighted by Gasteiger charge is 2.28. The molecule has 1 saturated carbocycles. The van der Waals surface area contributed by atoms with E-state index in [9.17, 15) is 5.11 Å². The van der Waals surface area contributed by atoms with E-state index in [0.717, 1.165) is 25.8 Å². The molecule has 0 amide bonds. The van der Waals surface area contributed by atoms with Gasteiger partial charge >= 0.3 is 0 Å². The highest BCUT2D eigenvalue weighted by molar-refractivity contribution is 4.85. The number of rotatable bonds is 5. The smallest absolute Gasteiger partial charge is 0.0771 e. The van der Waals surface area contributed by atoms with Crippen LogP contribution in [-0.4, -0.2) is 23.3 Å². The molecule has 0 spiro atoms. The third-order valence-corrected chi connectivity index (χ3v) is 3.97. The Bertz CT molecular complexity index is 183. The van der Waals surface area contributed by atoms with Crippen molar-refractivity contribution in [3.05, 3.63) is 0 Å². The molecule has 1 unspecified atom stereocenters. The molecule has 0 aromatic rings. The maximum atomic E-state index is 10.5. The number of hydrogen-bond donors (Lipinski definition) is 2. The molecule has 1 aliphatic carbocycles. The molecule has 1 aliphatic rings. The summed E-state index contributed by atoms with van der Waals surface area (Å²) >= 11 is 0. The van der Waals surface area contributed by atoms with Crippen LogP contribution in [0.1, 0.15) is 65.7 Å². The van der Waals surface area contributed by atoms with E-state index in [0.29, 0.717) is 12.0 Å². The van der Waals surface area contributed by atoms with Crippen LogP contribution < -0.4 is 5.32 Å². The van der Waals surface area contributed by atoms with Gasteiger partial charge < -0.3 is 10.4 Å². The summed E-state index contributed by atoms with van der Waals surface area (Å²) in [6.45, 7) is 7.50.